The average molecular weight is 424 g/mol. The zero-order chi connectivity index (χ0) is 21.5. The van der Waals surface area contributed by atoms with Crippen molar-refractivity contribution >= 4 is 29.1 Å². The lowest BCUT2D eigenvalue weighted by Crippen LogP contribution is -2.23. The molecule has 1 heterocycles. The van der Waals surface area contributed by atoms with Crippen LogP contribution < -0.4 is 5.32 Å². The smallest absolute Gasteiger partial charge is 0.237 e. The summed E-state index contributed by atoms with van der Waals surface area (Å²) >= 11 is 1.29. The van der Waals surface area contributed by atoms with Crippen molar-refractivity contribution in [2.75, 3.05) is 5.32 Å². The van der Waals surface area contributed by atoms with Crippen LogP contribution in [-0.2, 0) is 11.2 Å². The Labute approximate surface area is 180 Å². The van der Waals surface area contributed by atoms with Crippen LogP contribution in [0.2, 0.25) is 0 Å². The van der Waals surface area contributed by atoms with Gasteiger partial charge in [0.2, 0.25) is 11.1 Å². The molecule has 0 saturated heterocycles. The van der Waals surface area contributed by atoms with E-state index in [0.717, 1.165) is 24.9 Å². The molecule has 0 aliphatic carbocycles. The van der Waals surface area contributed by atoms with E-state index in [1.165, 1.54) is 24.2 Å². The first-order valence-corrected chi connectivity index (χ1v) is 10.8. The van der Waals surface area contributed by atoms with Crippen molar-refractivity contribution in [3.05, 3.63) is 59.7 Å². The second-order valence-electron chi connectivity index (χ2n) is 7.03. The Morgan fingerprint density at radius 2 is 1.80 bits per heavy atom. The topological polar surface area (TPSA) is 89.8 Å². The molecule has 0 aliphatic rings. The number of nitrogens with zero attached hydrogens (tertiary/aromatic N) is 4. The predicted molar refractivity (Wildman–Crippen MR) is 118 cm³/mol. The maximum absolute atomic E-state index is 12.6. The molecular weight excluding hydrogens is 398 g/mol. The number of carbonyl (C=O) groups is 2. The lowest BCUT2D eigenvalue weighted by atomic mass is 10.1. The van der Waals surface area contributed by atoms with Gasteiger partial charge in [0.05, 0.1) is 10.9 Å². The molecule has 156 valence electrons. The summed E-state index contributed by atoms with van der Waals surface area (Å²) < 4.78 is 1.64. The highest BCUT2D eigenvalue weighted by molar-refractivity contribution is 8.00. The normalized spacial score (nSPS) is 11.8. The number of hydrogen-bond acceptors (Lipinski definition) is 6. The van der Waals surface area contributed by atoms with E-state index in [4.69, 9.17) is 0 Å². The quantitative estimate of drug-likeness (QED) is 0.407. The summed E-state index contributed by atoms with van der Waals surface area (Å²) in [5.41, 5.74) is 3.39. The molecule has 1 amide bonds. The Kier molecular flexibility index (Phi) is 7.35. The van der Waals surface area contributed by atoms with Crippen molar-refractivity contribution in [2.45, 2.75) is 50.4 Å². The summed E-state index contributed by atoms with van der Waals surface area (Å²) in [6.07, 6.45) is 3.38. The van der Waals surface area contributed by atoms with Gasteiger partial charge in [-0.15, -0.1) is 5.10 Å². The first kappa shape index (κ1) is 21.7. The van der Waals surface area contributed by atoms with Crippen LogP contribution in [0, 0.1) is 0 Å². The number of Topliss-reactive ketones (excluding diaryl/α,β-unsaturated/α-hetero) is 1. The minimum absolute atomic E-state index is 0.0120. The van der Waals surface area contributed by atoms with Gasteiger partial charge in [-0.05, 0) is 79.1 Å². The molecule has 0 radical (unpaired) electrons. The minimum atomic E-state index is -0.411. The van der Waals surface area contributed by atoms with Gasteiger partial charge in [-0.25, -0.2) is 0 Å². The van der Waals surface area contributed by atoms with Gasteiger partial charge in [0.1, 0.15) is 0 Å². The van der Waals surface area contributed by atoms with Crippen molar-refractivity contribution < 1.29 is 9.59 Å². The third-order valence-corrected chi connectivity index (χ3v) is 5.68. The Balaban J connectivity index is 1.64. The van der Waals surface area contributed by atoms with E-state index in [0.29, 0.717) is 16.4 Å². The van der Waals surface area contributed by atoms with Crippen LogP contribution in [0.5, 0.6) is 0 Å². The van der Waals surface area contributed by atoms with Crippen LogP contribution in [0.3, 0.4) is 0 Å². The molecule has 0 fully saturated rings. The first-order valence-electron chi connectivity index (χ1n) is 9.94. The van der Waals surface area contributed by atoms with E-state index in [1.54, 1.807) is 35.9 Å². The molecular formula is C22H25N5O2S. The van der Waals surface area contributed by atoms with Crippen LogP contribution in [0.4, 0.5) is 5.69 Å². The molecule has 7 nitrogen and oxygen atoms in total. The predicted octanol–water partition coefficient (Wildman–Crippen LogP) is 4.33. The second-order valence-corrected chi connectivity index (χ2v) is 8.33. The average Bonchev–Trinajstić information content (AvgIpc) is 3.21. The number of amides is 1. The van der Waals surface area contributed by atoms with Crippen LogP contribution in [0.1, 0.15) is 49.5 Å². The fourth-order valence-electron chi connectivity index (χ4n) is 2.84. The molecule has 3 aromatic rings. The number of nitrogens with one attached hydrogen (secondary N) is 1. The van der Waals surface area contributed by atoms with E-state index in [1.807, 2.05) is 12.1 Å². The van der Waals surface area contributed by atoms with E-state index in [-0.39, 0.29) is 11.7 Å². The summed E-state index contributed by atoms with van der Waals surface area (Å²) in [6.45, 7) is 5.49. The molecule has 1 N–H and O–H groups in total. The Morgan fingerprint density at radius 1 is 1.10 bits per heavy atom. The fraction of sp³-hybridized carbons (Fsp3) is 0.318. The molecule has 2 aromatic carbocycles. The van der Waals surface area contributed by atoms with Gasteiger partial charge in [0, 0.05) is 11.3 Å². The van der Waals surface area contributed by atoms with E-state index in [2.05, 4.69) is 39.9 Å². The number of tetrazole rings is 1. The number of hydrogen-bond donors (Lipinski definition) is 1. The van der Waals surface area contributed by atoms with E-state index in [9.17, 15) is 9.59 Å². The Bertz CT molecular complexity index is 999. The highest BCUT2D eigenvalue weighted by Crippen LogP contribution is 2.24. The number of aromatic nitrogens is 4. The van der Waals surface area contributed by atoms with Gasteiger partial charge in [-0.3, -0.25) is 9.59 Å². The third-order valence-electron chi connectivity index (χ3n) is 4.65. The minimum Gasteiger partial charge on any atom is -0.325 e. The number of ketones is 1. The number of unbranched alkanes of at least 4 members (excludes halogenated alkanes) is 1. The van der Waals surface area contributed by atoms with Crippen molar-refractivity contribution in [1.29, 1.82) is 0 Å². The monoisotopic (exact) mass is 423 g/mol. The summed E-state index contributed by atoms with van der Waals surface area (Å²) in [4.78, 5) is 23.9. The van der Waals surface area contributed by atoms with Gasteiger partial charge in [0.15, 0.2) is 5.78 Å². The highest BCUT2D eigenvalue weighted by Gasteiger charge is 2.19. The largest absolute Gasteiger partial charge is 0.325 e. The summed E-state index contributed by atoms with van der Waals surface area (Å²) in [6, 6.07) is 15.0. The Morgan fingerprint density at radius 3 is 2.43 bits per heavy atom. The lowest BCUT2D eigenvalue weighted by molar-refractivity contribution is -0.115. The third kappa shape index (κ3) is 5.54. The van der Waals surface area contributed by atoms with Crippen molar-refractivity contribution in [1.82, 2.24) is 20.2 Å². The summed E-state index contributed by atoms with van der Waals surface area (Å²) in [5, 5.41) is 14.9. The molecule has 1 atom stereocenters. The van der Waals surface area contributed by atoms with Gasteiger partial charge in [-0.1, -0.05) is 37.2 Å². The number of anilines is 1. The number of benzene rings is 2. The number of carbonyl (C=O) groups excluding carboxylic acids is 2. The van der Waals surface area contributed by atoms with Gasteiger partial charge in [0.25, 0.3) is 0 Å². The van der Waals surface area contributed by atoms with Gasteiger partial charge >= 0.3 is 0 Å². The molecule has 1 aromatic heterocycles. The SMILES string of the molecule is CCCCc1ccc(-n2nnnc2SC(C)C(=O)Nc2ccc(C(C)=O)cc2)cc1. The van der Waals surface area contributed by atoms with Crippen LogP contribution in [0.25, 0.3) is 5.69 Å². The van der Waals surface area contributed by atoms with E-state index < -0.39 is 5.25 Å². The molecule has 1 unspecified atom stereocenters. The number of thioether (sulfide) groups is 1. The maximum atomic E-state index is 12.6. The van der Waals surface area contributed by atoms with Crippen LogP contribution in [0.15, 0.2) is 53.7 Å². The standard InChI is InChI=1S/C22H25N5O2S/c1-4-5-6-17-7-13-20(14-8-17)27-22(24-25-26-27)30-16(3)21(29)23-19-11-9-18(10-12-19)15(2)28/h7-14,16H,4-6H2,1-3H3,(H,23,29). The number of aryl methyl sites for hydroxylation is 1. The summed E-state index contributed by atoms with van der Waals surface area (Å²) in [5.74, 6) is -0.179. The fourth-order valence-corrected chi connectivity index (χ4v) is 3.65. The first-order chi connectivity index (χ1) is 14.5. The van der Waals surface area contributed by atoms with Crippen molar-refractivity contribution in [3.63, 3.8) is 0 Å². The zero-order valence-electron chi connectivity index (χ0n) is 17.3. The molecule has 3 rings (SSSR count). The van der Waals surface area contributed by atoms with Gasteiger partial charge in [-0.2, -0.15) is 4.68 Å². The molecule has 30 heavy (non-hydrogen) atoms. The summed E-state index contributed by atoms with van der Waals surface area (Å²) in [7, 11) is 0. The van der Waals surface area contributed by atoms with Crippen LogP contribution >= 0.6 is 11.8 Å². The number of rotatable bonds is 9. The van der Waals surface area contributed by atoms with Gasteiger partial charge < -0.3 is 5.32 Å². The maximum Gasteiger partial charge on any atom is 0.237 e. The molecule has 0 saturated carbocycles. The molecule has 0 aliphatic heterocycles. The zero-order valence-corrected chi connectivity index (χ0v) is 18.1. The van der Waals surface area contributed by atoms with Crippen molar-refractivity contribution in [3.8, 4) is 5.69 Å². The molecule has 8 heteroatoms. The van der Waals surface area contributed by atoms with Crippen molar-refractivity contribution in [2.24, 2.45) is 0 Å². The lowest BCUT2D eigenvalue weighted by Gasteiger charge is -2.12. The molecule has 0 spiro atoms. The highest BCUT2D eigenvalue weighted by atomic mass is 32.2. The second kappa shape index (κ2) is 10.2. The Hall–Kier alpha value is -3.00. The van der Waals surface area contributed by atoms with E-state index >= 15 is 0 Å². The molecule has 0 bridgehead atoms. The van der Waals surface area contributed by atoms with Crippen LogP contribution in [-0.4, -0.2) is 37.1 Å².